The van der Waals surface area contributed by atoms with Gasteiger partial charge >= 0.3 is 0 Å². The number of halogens is 2. The Morgan fingerprint density at radius 3 is 2.40 bits per heavy atom. The minimum absolute atomic E-state index is 0.154. The second-order valence-electron chi connectivity index (χ2n) is 3.25. The first-order chi connectivity index (χ1) is 6.97. The predicted molar refractivity (Wildman–Crippen MR) is 63.4 cm³/mol. The molecule has 84 valence electrons. The first-order valence-electron chi connectivity index (χ1n) is 4.65. The SMILES string of the molecule is CCCCS(=O)(=O)c1ccc(Cl)c(Cl)c1. The van der Waals surface area contributed by atoms with Crippen LogP contribution < -0.4 is 0 Å². The van der Waals surface area contributed by atoms with Crippen LogP contribution in [0.1, 0.15) is 19.8 Å². The highest BCUT2D eigenvalue weighted by atomic mass is 35.5. The van der Waals surface area contributed by atoms with E-state index in [-0.39, 0.29) is 15.7 Å². The number of hydrogen-bond donors (Lipinski definition) is 0. The zero-order valence-electron chi connectivity index (χ0n) is 8.33. The van der Waals surface area contributed by atoms with Crippen molar-refractivity contribution < 1.29 is 8.42 Å². The van der Waals surface area contributed by atoms with E-state index < -0.39 is 9.84 Å². The summed E-state index contributed by atoms with van der Waals surface area (Å²) < 4.78 is 23.5. The smallest absolute Gasteiger partial charge is 0.178 e. The van der Waals surface area contributed by atoms with E-state index in [1.54, 1.807) is 0 Å². The molecule has 0 radical (unpaired) electrons. The molecule has 0 aliphatic heterocycles. The van der Waals surface area contributed by atoms with Crippen LogP contribution in [0.4, 0.5) is 0 Å². The third-order valence-corrected chi connectivity index (χ3v) is 4.55. The topological polar surface area (TPSA) is 34.1 Å². The fourth-order valence-corrected chi connectivity index (χ4v) is 2.96. The van der Waals surface area contributed by atoms with Crippen LogP contribution in [0.5, 0.6) is 0 Å². The van der Waals surface area contributed by atoms with Gasteiger partial charge in [0, 0.05) is 0 Å². The maximum atomic E-state index is 11.8. The summed E-state index contributed by atoms with van der Waals surface area (Å²) in [7, 11) is -3.20. The fourth-order valence-electron chi connectivity index (χ4n) is 1.12. The van der Waals surface area contributed by atoms with E-state index >= 15 is 0 Å². The van der Waals surface area contributed by atoms with Gasteiger partial charge < -0.3 is 0 Å². The number of unbranched alkanes of at least 4 members (excludes halogenated alkanes) is 1. The van der Waals surface area contributed by atoms with Crippen LogP contribution in [0, 0.1) is 0 Å². The zero-order valence-corrected chi connectivity index (χ0v) is 10.7. The van der Waals surface area contributed by atoms with Gasteiger partial charge in [0.15, 0.2) is 9.84 Å². The summed E-state index contributed by atoms with van der Waals surface area (Å²) in [4.78, 5) is 0.241. The molecule has 0 amide bonds. The van der Waals surface area contributed by atoms with Gasteiger partial charge in [-0.3, -0.25) is 0 Å². The fraction of sp³-hybridized carbons (Fsp3) is 0.400. The summed E-state index contributed by atoms with van der Waals surface area (Å²) in [6, 6.07) is 4.39. The maximum absolute atomic E-state index is 11.8. The quantitative estimate of drug-likeness (QED) is 0.835. The van der Waals surface area contributed by atoms with Gasteiger partial charge in [-0.05, 0) is 24.6 Å². The largest absolute Gasteiger partial charge is 0.224 e. The van der Waals surface area contributed by atoms with Crippen molar-refractivity contribution in [2.75, 3.05) is 5.75 Å². The molecule has 1 aromatic rings. The van der Waals surface area contributed by atoms with Crippen LogP contribution in [0.2, 0.25) is 10.0 Å². The lowest BCUT2D eigenvalue weighted by Crippen LogP contribution is -2.06. The average molecular weight is 267 g/mol. The van der Waals surface area contributed by atoms with Gasteiger partial charge in [-0.15, -0.1) is 0 Å². The van der Waals surface area contributed by atoms with Crippen molar-refractivity contribution in [3.05, 3.63) is 28.2 Å². The Morgan fingerprint density at radius 1 is 1.20 bits per heavy atom. The van der Waals surface area contributed by atoms with E-state index in [9.17, 15) is 8.42 Å². The van der Waals surface area contributed by atoms with Crippen LogP contribution in [0.15, 0.2) is 23.1 Å². The molecule has 0 N–H and O–H groups in total. The van der Waals surface area contributed by atoms with E-state index in [1.165, 1.54) is 18.2 Å². The molecule has 0 bridgehead atoms. The molecule has 0 aromatic heterocycles. The second kappa shape index (κ2) is 5.19. The van der Waals surface area contributed by atoms with Crippen molar-refractivity contribution in [2.45, 2.75) is 24.7 Å². The Bertz CT molecular complexity index is 441. The zero-order chi connectivity index (χ0) is 11.5. The Hall–Kier alpha value is -0.250. The lowest BCUT2D eigenvalue weighted by molar-refractivity contribution is 0.592. The van der Waals surface area contributed by atoms with E-state index in [4.69, 9.17) is 23.2 Å². The van der Waals surface area contributed by atoms with Gasteiger partial charge in [-0.2, -0.15) is 0 Å². The molecule has 0 saturated heterocycles. The minimum Gasteiger partial charge on any atom is -0.224 e. The normalized spacial score (nSPS) is 11.7. The van der Waals surface area contributed by atoms with Gasteiger partial charge in [-0.25, -0.2) is 8.42 Å². The third kappa shape index (κ3) is 3.37. The van der Waals surface area contributed by atoms with Gasteiger partial charge in [-0.1, -0.05) is 36.5 Å². The average Bonchev–Trinajstić information content (AvgIpc) is 2.19. The minimum atomic E-state index is -3.20. The first kappa shape index (κ1) is 12.8. The highest BCUT2D eigenvalue weighted by Gasteiger charge is 2.14. The van der Waals surface area contributed by atoms with Gasteiger partial charge in [0.05, 0.1) is 20.7 Å². The molecule has 0 saturated carbocycles. The summed E-state index contributed by atoms with van der Waals surface area (Å²) in [5, 5.41) is 0.639. The molecule has 0 atom stereocenters. The lowest BCUT2D eigenvalue weighted by atomic mass is 10.4. The number of rotatable bonds is 4. The van der Waals surface area contributed by atoms with Crippen LogP contribution >= 0.6 is 23.2 Å². The molecule has 0 aliphatic rings. The predicted octanol–water partition coefficient (Wildman–Crippen LogP) is 3.57. The van der Waals surface area contributed by atoms with Crippen molar-refractivity contribution in [1.29, 1.82) is 0 Å². The standard InChI is InChI=1S/C10H12Cl2O2S/c1-2-3-6-15(13,14)8-4-5-9(11)10(12)7-8/h4-5,7H,2-3,6H2,1H3. The third-order valence-electron chi connectivity index (χ3n) is 2.02. The van der Waals surface area contributed by atoms with Crippen molar-refractivity contribution in [3.63, 3.8) is 0 Å². The molecule has 0 aliphatic carbocycles. The van der Waals surface area contributed by atoms with E-state index in [1.807, 2.05) is 6.92 Å². The maximum Gasteiger partial charge on any atom is 0.178 e. The molecule has 15 heavy (non-hydrogen) atoms. The molecule has 1 aromatic carbocycles. The summed E-state index contributed by atoms with van der Waals surface area (Å²) in [5.74, 6) is 0.154. The van der Waals surface area contributed by atoms with Crippen molar-refractivity contribution in [3.8, 4) is 0 Å². The Kier molecular flexibility index (Phi) is 4.44. The van der Waals surface area contributed by atoms with Crippen molar-refractivity contribution in [1.82, 2.24) is 0 Å². The van der Waals surface area contributed by atoms with Crippen molar-refractivity contribution >= 4 is 33.0 Å². The molecule has 0 spiro atoms. The molecule has 0 heterocycles. The molecule has 0 unspecified atom stereocenters. The van der Waals surface area contributed by atoms with Crippen LogP contribution in [0.25, 0.3) is 0 Å². The van der Waals surface area contributed by atoms with E-state index in [0.717, 1.165) is 6.42 Å². The number of sulfone groups is 1. The number of benzene rings is 1. The molecule has 0 fully saturated rings. The Labute approximate surface area is 100 Å². The molecule has 2 nitrogen and oxygen atoms in total. The van der Waals surface area contributed by atoms with E-state index in [2.05, 4.69) is 0 Å². The monoisotopic (exact) mass is 266 g/mol. The van der Waals surface area contributed by atoms with E-state index in [0.29, 0.717) is 11.4 Å². The Morgan fingerprint density at radius 2 is 1.87 bits per heavy atom. The second-order valence-corrected chi connectivity index (χ2v) is 6.17. The summed E-state index contributed by atoms with van der Waals surface area (Å²) in [5.41, 5.74) is 0. The highest BCUT2D eigenvalue weighted by molar-refractivity contribution is 7.91. The lowest BCUT2D eigenvalue weighted by Gasteiger charge is -2.04. The van der Waals surface area contributed by atoms with Gasteiger partial charge in [0.25, 0.3) is 0 Å². The van der Waals surface area contributed by atoms with Gasteiger partial charge in [0.1, 0.15) is 0 Å². The summed E-state index contributed by atoms with van der Waals surface area (Å²) in [6.45, 7) is 1.95. The van der Waals surface area contributed by atoms with Crippen LogP contribution in [-0.2, 0) is 9.84 Å². The molecule has 1 rings (SSSR count). The summed E-state index contributed by atoms with van der Waals surface area (Å²) >= 11 is 11.5. The molecule has 5 heteroatoms. The Balaban J connectivity index is 3.00. The van der Waals surface area contributed by atoms with Crippen LogP contribution in [-0.4, -0.2) is 14.2 Å². The van der Waals surface area contributed by atoms with Gasteiger partial charge in [0.2, 0.25) is 0 Å². The summed E-state index contributed by atoms with van der Waals surface area (Å²) in [6.07, 6.45) is 1.50. The first-order valence-corrected chi connectivity index (χ1v) is 7.06. The van der Waals surface area contributed by atoms with Crippen LogP contribution in [0.3, 0.4) is 0 Å². The molecular formula is C10H12Cl2O2S. The van der Waals surface area contributed by atoms with Crippen molar-refractivity contribution in [2.24, 2.45) is 0 Å². The molecular weight excluding hydrogens is 255 g/mol. The number of hydrogen-bond acceptors (Lipinski definition) is 2. The highest BCUT2D eigenvalue weighted by Crippen LogP contribution is 2.25.